The molecule has 2 aliphatic rings. The van der Waals surface area contributed by atoms with Crippen molar-refractivity contribution >= 4 is 56.4 Å². The lowest BCUT2D eigenvalue weighted by molar-refractivity contribution is 0.299. The number of fused-ring (bicyclic) bond motifs is 2. The minimum Gasteiger partial charge on any atom is -0.355 e. The van der Waals surface area contributed by atoms with E-state index in [-0.39, 0.29) is 17.7 Å². The number of rotatable bonds is 14. The van der Waals surface area contributed by atoms with Crippen LogP contribution in [0.1, 0.15) is 25.7 Å². The summed E-state index contributed by atoms with van der Waals surface area (Å²) in [6.07, 6.45) is 4.68. The first-order valence-electron chi connectivity index (χ1n) is 15.4. The molecule has 4 aromatic carbocycles. The van der Waals surface area contributed by atoms with Gasteiger partial charge in [-0.05, 0) is 78.3 Å². The third-order valence-electron chi connectivity index (χ3n) is 8.06. The summed E-state index contributed by atoms with van der Waals surface area (Å²) in [7, 11) is -4.02. The summed E-state index contributed by atoms with van der Waals surface area (Å²) >= 11 is 1.23. The molecule has 12 heteroatoms. The Balaban J connectivity index is 1.30. The van der Waals surface area contributed by atoms with E-state index in [1.165, 1.54) is 0 Å². The van der Waals surface area contributed by atoms with Gasteiger partial charge in [0.2, 0.25) is 0 Å². The molecular weight excluding hydrogens is 673 g/mol. The summed E-state index contributed by atoms with van der Waals surface area (Å²) in [6, 6.07) is 33.6. The van der Waals surface area contributed by atoms with Crippen LogP contribution in [0.3, 0.4) is 0 Å². The number of hydrogen-bond acceptors (Lipinski definition) is 8. The lowest BCUT2D eigenvalue weighted by Gasteiger charge is -2.27. The summed E-state index contributed by atoms with van der Waals surface area (Å²) in [4.78, 5) is 6.99. The molecule has 0 aromatic heterocycles. The molecule has 246 valence electrons. The molecule has 0 radical (unpaired) electrons. The summed E-state index contributed by atoms with van der Waals surface area (Å²) in [5, 5.41) is 1.07. The fraction of sp³-hybridized carbons (Fsp3) is 0.257. The zero-order valence-electron chi connectivity index (χ0n) is 25.6. The van der Waals surface area contributed by atoms with Crippen LogP contribution in [0.4, 0.5) is 11.4 Å². The molecule has 8 nitrogen and oxygen atoms in total. The van der Waals surface area contributed by atoms with Gasteiger partial charge in [0.1, 0.15) is 5.37 Å². The van der Waals surface area contributed by atoms with E-state index in [0.29, 0.717) is 32.4 Å². The third kappa shape index (κ3) is 8.69. The first-order valence-corrected chi connectivity index (χ1v) is 19.8. The highest BCUT2D eigenvalue weighted by Gasteiger charge is 2.33. The largest absolute Gasteiger partial charge is 0.355 e. The molecule has 0 amide bonds. The van der Waals surface area contributed by atoms with E-state index in [9.17, 15) is 17.2 Å². The van der Waals surface area contributed by atoms with Gasteiger partial charge in [-0.25, -0.2) is 0 Å². The van der Waals surface area contributed by atoms with Crippen molar-refractivity contribution in [2.75, 3.05) is 35.2 Å². The molecule has 2 N–H and O–H groups in total. The van der Waals surface area contributed by atoms with Crippen LogP contribution in [0.2, 0.25) is 0 Å². The number of nitrogens with zero attached hydrogens (tertiary/aromatic N) is 2. The van der Waals surface area contributed by atoms with Gasteiger partial charge in [0.25, 0.3) is 10.1 Å². The number of anilines is 2. The topological polar surface area (TPSA) is 107 Å². The van der Waals surface area contributed by atoms with Crippen molar-refractivity contribution < 1.29 is 25.9 Å². The average Bonchev–Trinajstić information content (AvgIpc) is 3.59. The van der Waals surface area contributed by atoms with Gasteiger partial charge in [0, 0.05) is 22.9 Å². The van der Waals surface area contributed by atoms with Crippen molar-refractivity contribution in [1.82, 2.24) is 0 Å². The van der Waals surface area contributed by atoms with Crippen molar-refractivity contribution in [3.8, 4) is 22.3 Å². The van der Waals surface area contributed by atoms with Gasteiger partial charge in [0.05, 0.1) is 28.8 Å². The summed E-state index contributed by atoms with van der Waals surface area (Å²) in [5.41, 5.74) is 6.75. The molecule has 47 heavy (non-hydrogen) atoms. The van der Waals surface area contributed by atoms with Gasteiger partial charge >= 0.3 is 11.4 Å². The number of benzene rings is 4. The molecule has 2 aliphatic heterocycles. The Bertz CT molecular complexity index is 1850. The zero-order valence-corrected chi connectivity index (χ0v) is 28.9. The third-order valence-corrected chi connectivity index (χ3v) is 11.6. The standard InChI is InChI=1S/C35H36N2O6S4/c38-46(39)43-21-9-7-19-36-30-23-28(26-11-3-1-4-12-26)15-17-32(30)44-34(36)25-35-37(20-8-10-22-47(40,41)42)31-24-29(16-18-33(31)45-35)27-13-5-2-6-14-27/h1-6,11-18,23-25,35H,7-10,19-22H2,(H,38,39)(H,40,41,42). The predicted molar refractivity (Wildman–Crippen MR) is 194 cm³/mol. The maximum absolute atomic E-state index is 11.4. The van der Waals surface area contributed by atoms with E-state index >= 15 is 0 Å². The van der Waals surface area contributed by atoms with Gasteiger partial charge < -0.3 is 9.80 Å². The van der Waals surface area contributed by atoms with Crippen LogP contribution in [0.15, 0.2) is 118 Å². The lowest BCUT2D eigenvalue weighted by atomic mass is 10.0. The number of hydrogen-bond donors (Lipinski definition) is 2. The highest BCUT2D eigenvalue weighted by molar-refractivity contribution is 8.04. The van der Waals surface area contributed by atoms with Crippen LogP contribution in [-0.4, -0.2) is 52.6 Å². The average molecular weight is 709 g/mol. The molecule has 0 aliphatic carbocycles. The SMILES string of the molecule is O=S(O)OCCCCN1C(=CC2Sc3ccc(-c4ccccc4)cc3N2CCCCS(=O)(=O)O)Sc2ccc(-c3ccccc3)cc21. The van der Waals surface area contributed by atoms with E-state index in [2.05, 4.69) is 76.5 Å². The molecule has 2 atom stereocenters. The van der Waals surface area contributed by atoms with Gasteiger partial charge in [-0.1, -0.05) is 96.3 Å². The van der Waals surface area contributed by atoms with Gasteiger partial charge in [-0.15, -0.1) is 0 Å². The second-order valence-corrected chi connectivity index (χ2v) is 15.8. The first kappa shape index (κ1) is 33.8. The Hall–Kier alpha value is -3.10. The van der Waals surface area contributed by atoms with E-state index < -0.39 is 21.5 Å². The Labute approximate surface area is 287 Å². The van der Waals surface area contributed by atoms with Gasteiger partial charge in [-0.2, -0.15) is 12.6 Å². The van der Waals surface area contributed by atoms with Crippen molar-refractivity contribution in [1.29, 1.82) is 0 Å². The molecule has 4 aromatic rings. The van der Waals surface area contributed by atoms with Crippen molar-refractivity contribution in [3.05, 3.63) is 108 Å². The molecule has 0 spiro atoms. The molecule has 2 unspecified atom stereocenters. The van der Waals surface area contributed by atoms with E-state index in [1.54, 1.807) is 23.5 Å². The minimum absolute atomic E-state index is 0.0326. The van der Waals surface area contributed by atoms with E-state index in [1.807, 2.05) is 36.4 Å². The Morgan fingerprint density at radius 3 is 2.02 bits per heavy atom. The molecule has 0 saturated carbocycles. The highest BCUT2D eigenvalue weighted by Crippen LogP contribution is 2.51. The fourth-order valence-corrected chi connectivity index (χ4v) is 9.10. The zero-order chi connectivity index (χ0) is 32.8. The van der Waals surface area contributed by atoms with Crippen LogP contribution in [-0.2, 0) is 25.7 Å². The number of thioether (sulfide) groups is 2. The van der Waals surface area contributed by atoms with Crippen LogP contribution >= 0.6 is 23.5 Å². The minimum atomic E-state index is -4.02. The Kier molecular flexibility index (Phi) is 11.1. The predicted octanol–water partition coefficient (Wildman–Crippen LogP) is 8.31. The summed E-state index contributed by atoms with van der Waals surface area (Å²) in [6.45, 7) is 1.55. The molecule has 2 heterocycles. The molecular formula is C35H36N2O6S4. The van der Waals surface area contributed by atoms with Crippen LogP contribution in [0, 0.1) is 0 Å². The van der Waals surface area contributed by atoms with E-state index in [0.717, 1.165) is 54.9 Å². The van der Waals surface area contributed by atoms with Crippen LogP contribution < -0.4 is 9.80 Å². The molecule has 0 saturated heterocycles. The highest BCUT2D eigenvalue weighted by atomic mass is 32.2. The second kappa shape index (κ2) is 15.4. The van der Waals surface area contributed by atoms with Crippen molar-refractivity contribution in [2.24, 2.45) is 0 Å². The molecule has 6 rings (SSSR count). The van der Waals surface area contributed by atoms with Crippen molar-refractivity contribution in [3.63, 3.8) is 0 Å². The van der Waals surface area contributed by atoms with Crippen molar-refractivity contribution in [2.45, 2.75) is 40.8 Å². The van der Waals surface area contributed by atoms with Crippen LogP contribution in [0.5, 0.6) is 0 Å². The van der Waals surface area contributed by atoms with Crippen LogP contribution in [0.25, 0.3) is 22.3 Å². The Morgan fingerprint density at radius 2 is 1.38 bits per heavy atom. The van der Waals surface area contributed by atoms with E-state index in [4.69, 9.17) is 8.74 Å². The normalized spacial score (nSPS) is 17.2. The fourth-order valence-electron chi connectivity index (χ4n) is 5.81. The first-order chi connectivity index (χ1) is 22.7. The Morgan fingerprint density at radius 1 is 0.766 bits per heavy atom. The maximum atomic E-state index is 11.4. The van der Waals surface area contributed by atoms with Gasteiger partial charge in [-0.3, -0.25) is 13.3 Å². The smallest absolute Gasteiger partial charge is 0.301 e. The second-order valence-electron chi connectivity index (χ2n) is 11.3. The molecule has 0 fully saturated rings. The lowest BCUT2D eigenvalue weighted by Crippen LogP contribution is -2.30. The number of unbranched alkanes of at least 4 members (excludes halogenated alkanes) is 2. The van der Waals surface area contributed by atoms with Gasteiger partial charge in [0.15, 0.2) is 0 Å². The maximum Gasteiger partial charge on any atom is 0.301 e. The summed E-state index contributed by atoms with van der Waals surface area (Å²) < 4.78 is 57.0. The molecule has 0 bridgehead atoms. The summed E-state index contributed by atoms with van der Waals surface area (Å²) in [5.74, 6) is -0.257. The monoisotopic (exact) mass is 708 g/mol. The quantitative estimate of drug-likeness (QED) is 0.0755.